The largest absolute Gasteiger partial charge is 0.371 e. The molecule has 0 atom stereocenters. The summed E-state index contributed by atoms with van der Waals surface area (Å²) in [6.07, 6.45) is 3.96. The van der Waals surface area contributed by atoms with E-state index in [1.807, 2.05) is 26.8 Å². The minimum atomic E-state index is -0.335. The molecule has 9 nitrogen and oxygen atoms in total. The molecule has 37 heavy (non-hydrogen) atoms. The van der Waals surface area contributed by atoms with Crippen molar-refractivity contribution in [3.63, 3.8) is 0 Å². The Kier molecular flexibility index (Phi) is 10.8. The Morgan fingerprint density at radius 3 is 2.19 bits per heavy atom. The number of carbonyl (C=O) groups excluding carboxylic acids is 2. The van der Waals surface area contributed by atoms with Gasteiger partial charge in [0.15, 0.2) is 5.65 Å². The van der Waals surface area contributed by atoms with Crippen LogP contribution in [0.2, 0.25) is 0 Å². The molecule has 2 heterocycles. The van der Waals surface area contributed by atoms with Crippen LogP contribution in [0.25, 0.3) is 11.0 Å². The first-order valence-electron chi connectivity index (χ1n) is 12.7. The molecule has 0 bridgehead atoms. The van der Waals surface area contributed by atoms with Crippen LogP contribution in [-0.2, 0) is 4.79 Å². The zero-order valence-corrected chi connectivity index (χ0v) is 23.4. The fourth-order valence-corrected chi connectivity index (χ4v) is 3.64. The van der Waals surface area contributed by atoms with E-state index in [1.54, 1.807) is 12.3 Å². The van der Waals surface area contributed by atoms with Gasteiger partial charge in [0.2, 0.25) is 5.95 Å². The first-order valence-corrected chi connectivity index (χ1v) is 12.7. The van der Waals surface area contributed by atoms with E-state index in [4.69, 9.17) is 0 Å². The number of aromatic nitrogens is 3. The van der Waals surface area contributed by atoms with Crippen LogP contribution in [-0.4, -0.2) is 45.4 Å². The van der Waals surface area contributed by atoms with Crippen molar-refractivity contribution in [1.82, 2.24) is 20.3 Å². The molecule has 9 heteroatoms. The van der Waals surface area contributed by atoms with Crippen molar-refractivity contribution in [3.05, 3.63) is 42.1 Å². The lowest BCUT2D eigenvalue weighted by Crippen LogP contribution is -2.43. The molecule has 3 aromatic rings. The SMILES string of the molecule is CC(C)=O.CCCN(CCC)c1ccc(Nc2ncc3ccc(NC(=O)NC(C)(C)C)nc3n2)cc1C. The molecule has 2 amide bonds. The highest BCUT2D eigenvalue weighted by molar-refractivity contribution is 5.90. The predicted molar refractivity (Wildman–Crippen MR) is 153 cm³/mol. The van der Waals surface area contributed by atoms with Gasteiger partial charge in [0.1, 0.15) is 11.6 Å². The molecule has 0 aliphatic rings. The summed E-state index contributed by atoms with van der Waals surface area (Å²) >= 11 is 0. The summed E-state index contributed by atoms with van der Waals surface area (Å²) in [5.41, 5.74) is 3.55. The second-order valence-electron chi connectivity index (χ2n) is 10.2. The minimum Gasteiger partial charge on any atom is -0.371 e. The molecule has 3 N–H and O–H groups in total. The summed E-state index contributed by atoms with van der Waals surface area (Å²) in [5, 5.41) is 9.69. The zero-order chi connectivity index (χ0) is 27.6. The lowest BCUT2D eigenvalue weighted by Gasteiger charge is -2.26. The number of fused-ring (bicyclic) bond motifs is 1. The number of hydrogen-bond acceptors (Lipinski definition) is 7. The highest BCUT2D eigenvalue weighted by Gasteiger charge is 2.14. The Hall–Kier alpha value is -3.75. The molecule has 0 unspecified atom stereocenters. The number of ketones is 1. The van der Waals surface area contributed by atoms with E-state index in [2.05, 4.69) is 74.8 Å². The second-order valence-corrected chi connectivity index (χ2v) is 10.2. The number of urea groups is 1. The monoisotopic (exact) mass is 507 g/mol. The summed E-state index contributed by atoms with van der Waals surface area (Å²) in [7, 11) is 0. The van der Waals surface area contributed by atoms with Gasteiger partial charge in [0.05, 0.1) is 0 Å². The Balaban J connectivity index is 0.00000112. The molecule has 200 valence electrons. The van der Waals surface area contributed by atoms with Gasteiger partial charge in [-0.1, -0.05) is 13.8 Å². The van der Waals surface area contributed by atoms with E-state index in [9.17, 15) is 9.59 Å². The Labute approximate surface area is 220 Å². The number of aryl methyl sites for hydroxylation is 1. The number of amides is 2. The van der Waals surface area contributed by atoms with Crippen molar-refractivity contribution in [1.29, 1.82) is 0 Å². The maximum atomic E-state index is 12.2. The van der Waals surface area contributed by atoms with Gasteiger partial charge in [-0.3, -0.25) is 5.32 Å². The Morgan fingerprint density at radius 1 is 0.973 bits per heavy atom. The lowest BCUT2D eigenvalue weighted by atomic mass is 10.1. The van der Waals surface area contributed by atoms with E-state index in [0.717, 1.165) is 37.0 Å². The second kappa shape index (κ2) is 13.5. The number of nitrogens with zero attached hydrogens (tertiary/aromatic N) is 4. The van der Waals surface area contributed by atoms with Gasteiger partial charge in [0.25, 0.3) is 0 Å². The van der Waals surface area contributed by atoms with Crippen molar-refractivity contribution in [2.24, 2.45) is 0 Å². The number of hydrogen-bond donors (Lipinski definition) is 3. The number of pyridine rings is 1. The average Bonchev–Trinajstić information content (AvgIpc) is 2.77. The van der Waals surface area contributed by atoms with Crippen molar-refractivity contribution < 1.29 is 9.59 Å². The van der Waals surface area contributed by atoms with E-state index >= 15 is 0 Å². The fourth-order valence-electron chi connectivity index (χ4n) is 3.64. The number of nitrogens with one attached hydrogen (secondary N) is 3. The van der Waals surface area contributed by atoms with Crippen LogP contribution in [0.15, 0.2) is 36.5 Å². The van der Waals surface area contributed by atoms with Crippen LogP contribution in [0.1, 0.15) is 66.9 Å². The minimum absolute atomic E-state index is 0.167. The third-order valence-corrected chi connectivity index (χ3v) is 4.95. The Bertz CT molecular complexity index is 1190. The highest BCUT2D eigenvalue weighted by Crippen LogP contribution is 2.26. The molecule has 0 saturated heterocycles. The topological polar surface area (TPSA) is 112 Å². The lowest BCUT2D eigenvalue weighted by molar-refractivity contribution is -0.115. The van der Waals surface area contributed by atoms with Gasteiger partial charge in [-0.2, -0.15) is 4.98 Å². The number of rotatable bonds is 8. The Morgan fingerprint density at radius 2 is 1.62 bits per heavy atom. The normalized spacial score (nSPS) is 10.8. The fraction of sp³-hybridized carbons (Fsp3) is 0.464. The molecule has 0 spiro atoms. The third kappa shape index (κ3) is 10.0. The number of carbonyl (C=O) groups is 2. The van der Waals surface area contributed by atoms with Crippen LogP contribution in [0.5, 0.6) is 0 Å². The van der Waals surface area contributed by atoms with E-state index < -0.39 is 0 Å². The van der Waals surface area contributed by atoms with Crippen LogP contribution in [0.4, 0.5) is 27.9 Å². The molecule has 0 saturated carbocycles. The number of anilines is 4. The van der Waals surface area contributed by atoms with Crippen LogP contribution < -0.4 is 20.9 Å². The maximum Gasteiger partial charge on any atom is 0.320 e. The molecule has 0 aliphatic carbocycles. The van der Waals surface area contributed by atoms with Gasteiger partial charge >= 0.3 is 6.03 Å². The van der Waals surface area contributed by atoms with Gasteiger partial charge in [0, 0.05) is 41.6 Å². The quantitative estimate of drug-likeness (QED) is 0.332. The van der Waals surface area contributed by atoms with Gasteiger partial charge in [-0.05, 0) is 90.3 Å². The maximum absolute atomic E-state index is 12.2. The van der Waals surface area contributed by atoms with Crippen molar-refractivity contribution in [2.45, 2.75) is 73.8 Å². The summed E-state index contributed by atoms with van der Waals surface area (Å²) in [6, 6.07) is 9.59. The first-order chi connectivity index (χ1) is 17.4. The molecule has 0 radical (unpaired) electrons. The summed E-state index contributed by atoms with van der Waals surface area (Å²) in [4.78, 5) is 37.5. The first kappa shape index (κ1) is 29.5. The zero-order valence-electron chi connectivity index (χ0n) is 23.4. The van der Waals surface area contributed by atoms with E-state index in [-0.39, 0.29) is 17.4 Å². The van der Waals surface area contributed by atoms with E-state index in [1.165, 1.54) is 25.1 Å². The molecular weight excluding hydrogens is 466 g/mol. The average molecular weight is 508 g/mol. The molecular formula is C28H41N7O2. The number of benzene rings is 1. The van der Waals surface area contributed by atoms with E-state index in [0.29, 0.717) is 17.4 Å². The van der Waals surface area contributed by atoms with Crippen LogP contribution >= 0.6 is 0 Å². The van der Waals surface area contributed by atoms with Gasteiger partial charge < -0.3 is 20.3 Å². The number of Topliss-reactive ketones (excluding diaryl/α,β-unsaturated/α-hetero) is 1. The molecule has 0 aliphatic heterocycles. The van der Waals surface area contributed by atoms with Crippen LogP contribution in [0.3, 0.4) is 0 Å². The summed E-state index contributed by atoms with van der Waals surface area (Å²) < 4.78 is 0. The van der Waals surface area contributed by atoms with Crippen molar-refractivity contribution in [2.75, 3.05) is 28.6 Å². The molecule has 0 fully saturated rings. The summed E-state index contributed by atoms with van der Waals surface area (Å²) in [6.45, 7) is 17.5. The predicted octanol–water partition coefficient (Wildman–Crippen LogP) is 6.22. The van der Waals surface area contributed by atoms with Crippen molar-refractivity contribution >= 4 is 46.0 Å². The third-order valence-electron chi connectivity index (χ3n) is 4.95. The standard InChI is InChI=1S/C25H35N7O.C3H6O/c1-7-13-32(14-8-2)20-11-10-19(15-17(20)3)27-23-26-16-18-9-12-21(28-22(18)30-23)29-24(33)31-25(4,5)6;1-3(2)4/h9-12,15-16H,7-8,13-14H2,1-6H3,(H3,26,27,28,29,30,31,33);1-2H3. The molecule has 2 aromatic heterocycles. The van der Waals surface area contributed by atoms with Crippen molar-refractivity contribution in [3.8, 4) is 0 Å². The smallest absolute Gasteiger partial charge is 0.320 e. The van der Waals surface area contributed by atoms with Gasteiger partial charge in [-0.15, -0.1) is 0 Å². The van der Waals surface area contributed by atoms with Crippen LogP contribution in [0, 0.1) is 6.92 Å². The molecule has 1 aromatic carbocycles. The van der Waals surface area contributed by atoms with Gasteiger partial charge in [-0.25, -0.2) is 14.8 Å². The highest BCUT2D eigenvalue weighted by atomic mass is 16.2. The molecule has 3 rings (SSSR count). The summed E-state index contributed by atoms with van der Waals surface area (Å²) in [5.74, 6) is 1.05.